The number of hydrogen-bond donors (Lipinski definition) is 2. The van der Waals surface area contributed by atoms with Gasteiger partial charge in [-0.2, -0.15) is 5.10 Å². The minimum Gasteiger partial charge on any atom is -0.497 e. The van der Waals surface area contributed by atoms with Crippen molar-refractivity contribution < 1.29 is 4.74 Å². The minimum atomic E-state index is 0.432. The Morgan fingerprint density at radius 1 is 1.09 bits per heavy atom. The lowest BCUT2D eigenvalue weighted by Crippen LogP contribution is -2.25. The molecule has 0 fully saturated rings. The zero-order chi connectivity index (χ0) is 16.8. The third-order valence-electron chi connectivity index (χ3n) is 3.58. The fourth-order valence-corrected chi connectivity index (χ4v) is 2.19. The average Bonchev–Trinajstić information content (AvgIpc) is 2.55. The lowest BCUT2D eigenvalue weighted by molar-refractivity contribution is 0.415. The Balaban J connectivity index is 2.00. The predicted molar refractivity (Wildman–Crippen MR) is 100 cm³/mol. The van der Waals surface area contributed by atoms with Crippen LogP contribution in [0.5, 0.6) is 5.75 Å². The van der Waals surface area contributed by atoms with Crippen molar-refractivity contribution in [2.75, 3.05) is 12.4 Å². The fourth-order valence-electron chi connectivity index (χ4n) is 2.03. The van der Waals surface area contributed by atoms with E-state index in [1.165, 1.54) is 11.1 Å². The third-order valence-corrected chi connectivity index (χ3v) is 3.77. The summed E-state index contributed by atoms with van der Waals surface area (Å²) in [6.07, 6.45) is 0. The topological polar surface area (TPSA) is 45.6 Å². The second-order valence-corrected chi connectivity index (χ2v) is 5.70. The van der Waals surface area contributed by atoms with E-state index >= 15 is 0 Å². The summed E-state index contributed by atoms with van der Waals surface area (Å²) in [4.78, 5) is 0. The molecule has 0 atom stereocenters. The monoisotopic (exact) mass is 327 g/mol. The van der Waals surface area contributed by atoms with E-state index in [0.717, 1.165) is 22.7 Å². The highest BCUT2D eigenvalue weighted by molar-refractivity contribution is 7.80. The van der Waals surface area contributed by atoms with Gasteiger partial charge in [0.15, 0.2) is 5.11 Å². The van der Waals surface area contributed by atoms with E-state index < -0.39 is 0 Å². The Morgan fingerprint density at radius 3 is 2.57 bits per heavy atom. The molecule has 2 rings (SSSR count). The molecule has 0 unspecified atom stereocenters. The molecule has 0 spiro atoms. The summed E-state index contributed by atoms with van der Waals surface area (Å²) < 4.78 is 5.18. The highest BCUT2D eigenvalue weighted by Crippen LogP contribution is 2.16. The molecule has 2 N–H and O–H groups in total. The number of rotatable bonds is 4. The fraction of sp³-hybridized carbons (Fsp3) is 0.222. The second-order valence-electron chi connectivity index (χ2n) is 5.29. The number of aryl methyl sites for hydroxylation is 2. The molecule has 0 aliphatic heterocycles. The van der Waals surface area contributed by atoms with Crippen LogP contribution >= 0.6 is 12.2 Å². The largest absolute Gasteiger partial charge is 0.497 e. The normalized spacial score (nSPS) is 11.0. The summed E-state index contributed by atoms with van der Waals surface area (Å²) in [7, 11) is 1.63. The number of nitrogens with one attached hydrogen (secondary N) is 2. The molecule has 0 aromatic heterocycles. The smallest absolute Gasteiger partial charge is 0.191 e. The molecule has 2 aromatic carbocycles. The van der Waals surface area contributed by atoms with Gasteiger partial charge in [-0.1, -0.05) is 18.2 Å². The summed E-state index contributed by atoms with van der Waals surface area (Å²) in [5.41, 5.74) is 8.18. The summed E-state index contributed by atoms with van der Waals surface area (Å²) in [6, 6.07) is 13.8. The van der Waals surface area contributed by atoms with Gasteiger partial charge in [-0.3, -0.25) is 5.43 Å². The van der Waals surface area contributed by atoms with Gasteiger partial charge in [-0.15, -0.1) is 0 Å². The van der Waals surface area contributed by atoms with Crippen LogP contribution in [0.1, 0.15) is 23.6 Å². The van der Waals surface area contributed by atoms with Gasteiger partial charge in [0.1, 0.15) is 5.75 Å². The number of methoxy groups -OCH3 is 1. The van der Waals surface area contributed by atoms with E-state index in [1.54, 1.807) is 7.11 Å². The van der Waals surface area contributed by atoms with E-state index in [-0.39, 0.29) is 0 Å². The van der Waals surface area contributed by atoms with Crippen molar-refractivity contribution in [3.63, 3.8) is 0 Å². The SMILES string of the molecule is COc1cccc(NC(=S)N/N=C(/C)c2ccc(C)c(C)c2)c1. The average molecular weight is 327 g/mol. The Morgan fingerprint density at radius 2 is 1.87 bits per heavy atom. The van der Waals surface area contributed by atoms with Gasteiger partial charge in [-0.25, -0.2) is 0 Å². The van der Waals surface area contributed by atoms with Crippen LogP contribution in [-0.2, 0) is 0 Å². The maximum Gasteiger partial charge on any atom is 0.191 e. The van der Waals surface area contributed by atoms with Crippen LogP contribution in [0.3, 0.4) is 0 Å². The zero-order valence-corrected chi connectivity index (χ0v) is 14.6. The Labute approximate surface area is 142 Å². The first-order valence-electron chi connectivity index (χ1n) is 7.32. The molecule has 2 aromatic rings. The number of ether oxygens (including phenoxy) is 1. The van der Waals surface area contributed by atoms with Gasteiger partial charge >= 0.3 is 0 Å². The number of hydrazone groups is 1. The van der Waals surface area contributed by atoms with Crippen LogP contribution in [0, 0.1) is 13.8 Å². The number of nitrogens with zero attached hydrogens (tertiary/aromatic N) is 1. The molecular weight excluding hydrogens is 306 g/mol. The van der Waals surface area contributed by atoms with Crippen molar-refractivity contribution >= 4 is 28.7 Å². The molecule has 0 bridgehead atoms. The van der Waals surface area contributed by atoms with Gasteiger partial charge in [0.2, 0.25) is 0 Å². The number of benzene rings is 2. The van der Waals surface area contributed by atoms with Crippen molar-refractivity contribution in [1.82, 2.24) is 5.43 Å². The van der Waals surface area contributed by atoms with Crippen LogP contribution in [0.2, 0.25) is 0 Å². The molecule has 0 aliphatic carbocycles. The third kappa shape index (κ3) is 4.79. The highest BCUT2D eigenvalue weighted by Gasteiger charge is 2.02. The molecule has 0 aliphatic rings. The minimum absolute atomic E-state index is 0.432. The molecule has 0 saturated heterocycles. The van der Waals surface area contributed by atoms with Crippen LogP contribution in [0.15, 0.2) is 47.6 Å². The van der Waals surface area contributed by atoms with E-state index in [2.05, 4.69) is 47.9 Å². The van der Waals surface area contributed by atoms with Crippen LogP contribution in [-0.4, -0.2) is 17.9 Å². The van der Waals surface area contributed by atoms with E-state index in [1.807, 2.05) is 31.2 Å². The Kier molecular flexibility index (Phi) is 5.71. The van der Waals surface area contributed by atoms with Gasteiger partial charge in [0, 0.05) is 11.8 Å². The molecule has 120 valence electrons. The van der Waals surface area contributed by atoms with Gasteiger partial charge in [0.25, 0.3) is 0 Å². The van der Waals surface area contributed by atoms with Gasteiger partial charge < -0.3 is 10.1 Å². The molecule has 4 nitrogen and oxygen atoms in total. The highest BCUT2D eigenvalue weighted by atomic mass is 32.1. The molecule has 5 heteroatoms. The summed E-state index contributed by atoms with van der Waals surface area (Å²) in [5.74, 6) is 0.771. The lowest BCUT2D eigenvalue weighted by atomic mass is 10.0. The van der Waals surface area contributed by atoms with Gasteiger partial charge in [0.05, 0.1) is 12.8 Å². The second kappa shape index (κ2) is 7.74. The molecule has 0 amide bonds. The molecule has 0 heterocycles. The summed E-state index contributed by atoms with van der Waals surface area (Å²) in [5, 5.41) is 7.84. The van der Waals surface area contributed by atoms with Crippen LogP contribution in [0.25, 0.3) is 0 Å². The quantitative estimate of drug-likeness (QED) is 0.506. The van der Waals surface area contributed by atoms with Crippen molar-refractivity contribution in [3.05, 3.63) is 59.2 Å². The van der Waals surface area contributed by atoms with Crippen LogP contribution < -0.4 is 15.5 Å². The molecule has 23 heavy (non-hydrogen) atoms. The standard InChI is InChI=1S/C18H21N3OS/c1-12-8-9-15(10-13(12)2)14(3)20-21-18(23)19-16-6-5-7-17(11-16)22-4/h5-11H,1-4H3,(H2,19,21,23)/b20-14-. The first-order chi connectivity index (χ1) is 11.0. The van der Waals surface area contributed by atoms with Crippen molar-refractivity contribution in [1.29, 1.82) is 0 Å². The Bertz CT molecular complexity index is 741. The maximum atomic E-state index is 5.26. The van der Waals surface area contributed by atoms with E-state index in [9.17, 15) is 0 Å². The van der Waals surface area contributed by atoms with Crippen molar-refractivity contribution in [2.45, 2.75) is 20.8 Å². The first kappa shape index (κ1) is 17.0. The number of thiocarbonyl (C=S) groups is 1. The molecular formula is C18H21N3OS. The van der Waals surface area contributed by atoms with Crippen LogP contribution in [0.4, 0.5) is 5.69 Å². The van der Waals surface area contributed by atoms with Crippen molar-refractivity contribution in [3.8, 4) is 5.75 Å². The maximum absolute atomic E-state index is 5.26. The van der Waals surface area contributed by atoms with Crippen molar-refractivity contribution in [2.24, 2.45) is 5.10 Å². The lowest BCUT2D eigenvalue weighted by Gasteiger charge is -2.10. The predicted octanol–water partition coefficient (Wildman–Crippen LogP) is 4.02. The van der Waals surface area contributed by atoms with Gasteiger partial charge in [-0.05, 0) is 67.9 Å². The molecule has 0 radical (unpaired) electrons. The number of hydrogen-bond acceptors (Lipinski definition) is 3. The number of anilines is 1. The Hall–Kier alpha value is -2.40. The van der Waals surface area contributed by atoms with E-state index in [0.29, 0.717) is 5.11 Å². The summed E-state index contributed by atoms with van der Waals surface area (Å²) in [6.45, 7) is 6.14. The van der Waals surface area contributed by atoms with E-state index in [4.69, 9.17) is 17.0 Å². The first-order valence-corrected chi connectivity index (χ1v) is 7.73. The zero-order valence-electron chi connectivity index (χ0n) is 13.8. The molecule has 0 saturated carbocycles. The summed E-state index contributed by atoms with van der Waals surface area (Å²) >= 11 is 5.26.